The molecule has 0 aliphatic carbocycles. The SMILES string of the molecule is CN1[C@@H]2CC(OC(=O)Cc3cccc(O)c3)C[C@H]1[C@@H](O)[C@H]2O. The van der Waals surface area contributed by atoms with Crippen LogP contribution in [-0.4, -0.2) is 63.6 Å². The van der Waals surface area contributed by atoms with Crippen molar-refractivity contribution in [1.29, 1.82) is 0 Å². The number of aromatic hydroxyl groups is 1. The second-order valence-corrected chi connectivity index (χ2v) is 6.21. The lowest BCUT2D eigenvalue weighted by atomic mass is 10.00. The Morgan fingerprint density at radius 2 is 1.91 bits per heavy atom. The number of piperidine rings is 1. The first kappa shape index (κ1) is 15.3. The minimum Gasteiger partial charge on any atom is -0.508 e. The second-order valence-electron chi connectivity index (χ2n) is 6.21. The first-order chi connectivity index (χ1) is 10.5. The van der Waals surface area contributed by atoms with E-state index >= 15 is 0 Å². The summed E-state index contributed by atoms with van der Waals surface area (Å²) in [5.41, 5.74) is 0.695. The van der Waals surface area contributed by atoms with Gasteiger partial charge in [0.05, 0.1) is 18.6 Å². The smallest absolute Gasteiger partial charge is 0.310 e. The summed E-state index contributed by atoms with van der Waals surface area (Å²) in [5.74, 6) is -0.239. The van der Waals surface area contributed by atoms with Crippen LogP contribution in [0.1, 0.15) is 18.4 Å². The van der Waals surface area contributed by atoms with Gasteiger partial charge in [-0.05, 0) is 24.7 Å². The van der Waals surface area contributed by atoms with Gasteiger partial charge in [-0.1, -0.05) is 12.1 Å². The van der Waals surface area contributed by atoms with Crippen molar-refractivity contribution in [3.05, 3.63) is 29.8 Å². The topological polar surface area (TPSA) is 90.2 Å². The lowest BCUT2D eigenvalue weighted by molar-refractivity contribution is -0.152. The maximum Gasteiger partial charge on any atom is 0.310 e. The molecule has 2 saturated heterocycles. The number of likely N-dealkylation sites (N-methyl/N-ethyl adjacent to an activating group) is 1. The Balaban J connectivity index is 1.59. The number of phenolic OH excluding ortho intramolecular Hbond substituents is 1. The average Bonchev–Trinajstić information content (AvgIpc) is 2.58. The Bertz CT molecular complexity index is 537. The summed E-state index contributed by atoms with van der Waals surface area (Å²) >= 11 is 0. The summed E-state index contributed by atoms with van der Waals surface area (Å²) in [6.45, 7) is 0. The van der Waals surface area contributed by atoms with E-state index in [0.717, 1.165) is 0 Å². The van der Waals surface area contributed by atoms with Crippen LogP contribution in [0.4, 0.5) is 0 Å². The summed E-state index contributed by atoms with van der Waals surface area (Å²) < 4.78 is 5.49. The van der Waals surface area contributed by atoms with Gasteiger partial charge in [-0.25, -0.2) is 0 Å². The summed E-state index contributed by atoms with van der Waals surface area (Å²) in [6, 6.07) is 6.17. The maximum atomic E-state index is 12.0. The van der Waals surface area contributed by atoms with Gasteiger partial charge < -0.3 is 20.1 Å². The van der Waals surface area contributed by atoms with Crippen molar-refractivity contribution in [3.8, 4) is 5.75 Å². The molecule has 0 amide bonds. The van der Waals surface area contributed by atoms with Crippen molar-refractivity contribution in [1.82, 2.24) is 4.90 Å². The molecule has 3 rings (SSSR count). The van der Waals surface area contributed by atoms with Gasteiger partial charge in [-0.2, -0.15) is 0 Å². The predicted octanol–water partition coefficient (Wildman–Crippen LogP) is 0.0447. The normalized spacial score (nSPS) is 34.6. The van der Waals surface area contributed by atoms with E-state index in [1.54, 1.807) is 18.2 Å². The fraction of sp³-hybridized carbons (Fsp3) is 0.562. The lowest BCUT2D eigenvalue weighted by Gasteiger charge is -2.35. The fourth-order valence-corrected chi connectivity index (χ4v) is 3.59. The molecule has 3 N–H and O–H groups in total. The first-order valence-electron chi connectivity index (χ1n) is 7.51. The van der Waals surface area contributed by atoms with E-state index in [9.17, 15) is 20.1 Å². The molecular weight excluding hydrogens is 286 g/mol. The fourth-order valence-electron chi connectivity index (χ4n) is 3.59. The van der Waals surface area contributed by atoms with Crippen molar-refractivity contribution in [3.63, 3.8) is 0 Å². The number of phenols is 1. The maximum absolute atomic E-state index is 12.0. The van der Waals surface area contributed by atoms with E-state index in [-0.39, 0.29) is 36.3 Å². The van der Waals surface area contributed by atoms with Crippen molar-refractivity contribution in [2.75, 3.05) is 7.05 Å². The van der Waals surface area contributed by atoms with Crippen LogP contribution >= 0.6 is 0 Å². The van der Waals surface area contributed by atoms with E-state index in [1.165, 1.54) is 6.07 Å². The zero-order valence-corrected chi connectivity index (χ0v) is 12.4. The molecule has 1 aromatic rings. The third kappa shape index (κ3) is 2.82. The molecule has 2 bridgehead atoms. The third-order valence-electron chi connectivity index (χ3n) is 4.75. The molecule has 6 nitrogen and oxygen atoms in total. The Labute approximate surface area is 128 Å². The standard InChI is InChI=1S/C16H21NO5/c1-17-12-7-11(8-13(17)16(21)15(12)20)22-14(19)6-9-3-2-4-10(18)5-9/h2-5,11-13,15-16,18,20-21H,6-8H2,1H3/t11?,12-,13+,15+,16-. The molecule has 2 aliphatic rings. The van der Waals surface area contributed by atoms with Crippen LogP contribution in [0, 0.1) is 0 Å². The van der Waals surface area contributed by atoms with Gasteiger partial charge in [0.15, 0.2) is 0 Å². The molecule has 0 aromatic heterocycles. The number of aliphatic hydroxyl groups is 2. The number of esters is 1. The highest BCUT2D eigenvalue weighted by atomic mass is 16.5. The zero-order valence-electron chi connectivity index (χ0n) is 12.4. The number of nitrogens with zero attached hydrogens (tertiary/aromatic N) is 1. The molecule has 2 fully saturated rings. The van der Waals surface area contributed by atoms with Crippen molar-refractivity contribution in [2.45, 2.75) is 49.7 Å². The van der Waals surface area contributed by atoms with Crippen LogP contribution in [0.3, 0.4) is 0 Å². The number of rotatable bonds is 3. The molecule has 1 unspecified atom stereocenters. The van der Waals surface area contributed by atoms with Crippen LogP contribution in [0.25, 0.3) is 0 Å². The molecule has 2 heterocycles. The molecule has 120 valence electrons. The Morgan fingerprint density at radius 1 is 1.27 bits per heavy atom. The molecule has 22 heavy (non-hydrogen) atoms. The molecule has 1 aromatic carbocycles. The summed E-state index contributed by atoms with van der Waals surface area (Å²) in [7, 11) is 1.87. The van der Waals surface area contributed by atoms with Gasteiger partial charge in [-0.3, -0.25) is 9.69 Å². The number of carbonyl (C=O) groups excluding carboxylic acids is 1. The van der Waals surface area contributed by atoms with E-state index < -0.39 is 12.2 Å². The van der Waals surface area contributed by atoms with Gasteiger partial charge in [-0.15, -0.1) is 0 Å². The van der Waals surface area contributed by atoms with Gasteiger partial charge in [0, 0.05) is 24.9 Å². The highest BCUT2D eigenvalue weighted by Gasteiger charge is 2.51. The molecule has 0 radical (unpaired) electrons. The average molecular weight is 307 g/mol. The van der Waals surface area contributed by atoms with Gasteiger partial charge in [0.25, 0.3) is 0 Å². The monoisotopic (exact) mass is 307 g/mol. The van der Waals surface area contributed by atoms with Crippen molar-refractivity contribution in [2.24, 2.45) is 0 Å². The number of hydrogen-bond donors (Lipinski definition) is 3. The minimum absolute atomic E-state index is 0.0984. The third-order valence-corrected chi connectivity index (χ3v) is 4.75. The van der Waals surface area contributed by atoms with Crippen LogP contribution in [0.15, 0.2) is 24.3 Å². The van der Waals surface area contributed by atoms with Crippen molar-refractivity contribution >= 4 is 5.97 Å². The first-order valence-corrected chi connectivity index (χ1v) is 7.51. The molecule has 0 saturated carbocycles. The van der Waals surface area contributed by atoms with E-state index in [0.29, 0.717) is 18.4 Å². The highest BCUT2D eigenvalue weighted by Crippen LogP contribution is 2.36. The second kappa shape index (κ2) is 5.87. The molecule has 2 aliphatic heterocycles. The summed E-state index contributed by atoms with van der Waals surface area (Å²) in [6.07, 6.45) is -0.716. The zero-order chi connectivity index (χ0) is 15.9. The Kier molecular flexibility index (Phi) is 4.08. The quantitative estimate of drug-likeness (QED) is 0.683. The number of benzene rings is 1. The Morgan fingerprint density at radius 3 is 2.50 bits per heavy atom. The predicted molar refractivity (Wildman–Crippen MR) is 78.3 cm³/mol. The highest BCUT2D eigenvalue weighted by molar-refractivity contribution is 5.73. The van der Waals surface area contributed by atoms with Gasteiger partial charge in [0.2, 0.25) is 0 Å². The molecule has 5 atom stereocenters. The van der Waals surface area contributed by atoms with Gasteiger partial charge >= 0.3 is 5.97 Å². The molecule has 6 heteroatoms. The number of carbonyl (C=O) groups is 1. The van der Waals surface area contributed by atoms with Gasteiger partial charge in [0.1, 0.15) is 11.9 Å². The molecular formula is C16H21NO5. The van der Waals surface area contributed by atoms with E-state index in [2.05, 4.69) is 0 Å². The Hall–Kier alpha value is -1.63. The number of aliphatic hydroxyl groups excluding tert-OH is 2. The minimum atomic E-state index is -0.787. The molecule has 0 spiro atoms. The number of ether oxygens (including phenoxy) is 1. The summed E-state index contributed by atoms with van der Waals surface area (Å²) in [5, 5.41) is 29.4. The van der Waals surface area contributed by atoms with Crippen LogP contribution in [0.2, 0.25) is 0 Å². The lowest BCUT2D eigenvalue weighted by Crippen LogP contribution is -2.46. The van der Waals surface area contributed by atoms with Crippen LogP contribution < -0.4 is 0 Å². The van der Waals surface area contributed by atoms with E-state index in [4.69, 9.17) is 4.74 Å². The summed E-state index contributed by atoms with van der Waals surface area (Å²) in [4.78, 5) is 14.0. The van der Waals surface area contributed by atoms with Crippen LogP contribution in [0.5, 0.6) is 5.75 Å². The largest absolute Gasteiger partial charge is 0.508 e. The van der Waals surface area contributed by atoms with E-state index in [1.807, 2.05) is 11.9 Å². The number of hydrogen-bond acceptors (Lipinski definition) is 6. The number of fused-ring (bicyclic) bond motifs is 2. The van der Waals surface area contributed by atoms with Crippen LogP contribution in [-0.2, 0) is 16.0 Å². The van der Waals surface area contributed by atoms with Crippen molar-refractivity contribution < 1.29 is 24.9 Å².